The van der Waals surface area contributed by atoms with Crippen LogP contribution in [0.1, 0.15) is 18.7 Å². The number of benzene rings is 1. The van der Waals surface area contributed by atoms with Gasteiger partial charge in [0.25, 0.3) is 0 Å². The first-order valence-electron chi connectivity index (χ1n) is 9.20. The van der Waals surface area contributed by atoms with Gasteiger partial charge in [-0.2, -0.15) is 17.5 Å². The maximum absolute atomic E-state index is 12.7. The van der Waals surface area contributed by atoms with Crippen molar-refractivity contribution in [3.63, 3.8) is 0 Å². The normalized spacial score (nSPS) is 16.6. The Bertz CT molecular complexity index is 975. The van der Waals surface area contributed by atoms with Crippen LogP contribution >= 0.6 is 24.0 Å². The van der Waals surface area contributed by atoms with E-state index in [1.165, 1.54) is 0 Å². The van der Waals surface area contributed by atoms with Crippen LogP contribution in [-0.4, -0.2) is 65.1 Å². The molecule has 1 aliphatic heterocycles. The van der Waals surface area contributed by atoms with E-state index < -0.39 is 15.5 Å². The predicted octanol–water partition coefficient (Wildman–Crippen LogP) is 1.86. The van der Waals surface area contributed by atoms with Gasteiger partial charge in [0.2, 0.25) is 0 Å². The van der Waals surface area contributed by atoms with E-state index in [9.17, 15) is 21.6 Å². The molecule has 1 fully saturated rings. The highest BCUT2D eigenvalue weighted by Crippen LogP contribution is 2.28. The van der Waals surface area contributed by atoms with Gasteiger partial charge in [0, 0.05) is 31.9 Å². The average Bonchev–Trinajstić information content (AvgIpc) is 3.20. The summed E-state index contributed by atoms with van der Waals surface area (Å²) in [6.07, 6.45) is 2.06. The maximum atomic E-state index is 12.7. The molecule has 14 heteroatoms. The van der Waals surface area contributed by atoms with E-state index in [2.05, 4.69) is 25.8 Å². The van der Waals surface area contributed by atoms with Crippen LogP contribution in [0.4, 0.5) is 13.2 Å². The summed E-state index contributed by atoms with van der Waals surface area (Å²) in [6.45, 7) is -0.104. The van der Waals surface area contributed by atoms with E-state index in [1.54, 1.807) is 13.4 Å². The number of sulfonamides is 1. The Balaban J connectivity index is 0.00000341. The molecule has 3 rings (SSSR count). The lowest BCUT2D eigenvalue weighted by Gasteiger charge is -2.32. The molecule has 0 saturated carbocycles. The fourth-order valence-corrected chi connectivity index (χ4v) is 4.11. The molecule has 0 radical (unpaired) electrons. The number of halogens is 4. The number of nitrogens with zero attached hydrogens (tertiary/aromatic N) is 5. The van der Waals surface area contributed by atoms with Crippen LogP contribution in [0.3, 0.4) is 0 Å². The standard InChI is InChI=1S/C17H22F3N7O2S.HI/c1-21-16(22-11-15-25-23-12-27(15)14-5-3-2-4-6-14)24-13-7-9-26(10-8-13)30(28,29)17(18,19)20;/h2-6,12-13H,7-11H2,1H3,(H2,21,22,24);1H. The SMILES string of the molecule is CN=C(NCc1nncn1-c1ccccc1)NC1CCN(S(=O)(=O)C(F)(F)F)CC1.I. The number of hydrogen-bond donors (Lipinski definition) is 2. The van der Waals surface area contributed by atoms with Gasteiger partial charge in [-0.05, 0) is 25.0 Å². The van der Waals surface area contributed by atoms with Crippen LogP contribution in [0, 0.1) is 0 Å². The minimum absolute atomic E-state index is 0. The first-order chi connectivity index (χ1) is 14.2. The average molecular weight is 573 g/mol. The number of hydrogen-bond acceptors (Lipinski definition) is 5. The van der Waals surface area contributed by atoms with Gasteiger partial charge < -0.3 is 10.6 Å². The minimum atomic E-state index is -5.29. The van der Waals surface area contributed by atoms with Crippen molar-refractivity contribution < 1.29 is 21.6 Å². The molecule has 0 aliphatic carbocycles. The largest absolute Gasteiger partial charge is 0.511 e. The summed E-state index contributed by atoms with van der Waals surface area (Å²) in [5.74, 6) is 1.09. The van der Waals surface area contributed by atoms with Crippen molar-refractivity contribution in [3.05, 3.63) is 42.5 Å². The smallest absolute Gasteiger partial charge is 0.354 e. The first-order valence-corrected chi connectivity index (χ1v) is 10.6. The van der Waals surface area contributed by atoms with E-state index in [0.717, 1.165) is 5.69 Å². The Morgan fingerprint density at radius 2 is 1.87 bits per heavy atom. The Hall–Kier alpha value is -1.94. The number of aromatic nitrogens is 3. The van der Waals surface area contributed by atoms with Crippen LogP contribution < -0.4 is 10.6 Å². The molecule has 1 aromatic heterocycles. The van der Waals surface area contributed by atoms with Crippen molar-refractivity contribution in [3.8, 4) is 5.69 Å². The number of aliphatic imine (C=N–C) groups is 1. The third kappa shape index (κ3) is 6.06. The van der Waals surface area contributed by atoms with Crippen molar-refractivity contribution in [1.82, 2.24) is 29.7 Å². The van der Waals surface area contributed by atoms with E-state index in [4.69, 9.17) is 0 Å². The molecular formula is C17H23F3IN7O2S. The van der Waals surface area contributed by atoms with Crippen LogP contribution in [0.5, 0.6) is 0 Å². The molecular weight excluding hydrogens is 550 g/mol. The second-order valence-corrected chi connectivity index (χ2v) is 8.58. The van der Waals surface area contributed by atoms with E-state index in [1.807, 2.05) is 34.9 Å². The lowest BCUT2D eigenvalue weighted by Crippen LogP contribution is -2.51. The lowest BCUT2D eigenvalue weighted by atomic mass is 10.1. The number of piperidine rings is 1. The fraction of sp³-hybridized carbons (Fsp3) is 0.471. The number of para-hydroxylation sites is 1. The topological polar surface area (TPSA) is 105 Å². The monoisotopic (exact) mass is 573 g/mol. The van der Waals surface area contributed by atoms with Crippen molar-refractivity contribution in [1.29, 1.82) is 0 Å². The van der Waals surface area contributed by atoms with Crippen LogP contribution in [0.2, 0.25) is 0 Å². The van der Waals surface area contributed by atoms with Gasteiger partial charge in [-0.15, -0.1) is 34.2 Å². The van der Waals surface area contributed by atoms with Crippen molar-refractivity contribution in [2.75, 3.05) is 20.1 Å². The molecule has 0 spiro atoms. The molecule has 172 valence electrons. The van der Waals surface area contributed by atoms with Crippen LogP contribution in [0.25, 0.3) is 5.69 Å². The van der Waals surface area contributed by atoms with Gasteiger partial charge in [-0.3, -0.25) is 9.56 Å². The number of nitrogens with one attached hydrogen (secondary N) is 2. The summed E-state index contributed by atoms with van der Waals surface area (Å²) in [4.78, 5) is 4.12. The lowest BCUT2D eigenvalue weighted by molar-refractivity contribution is -0.0494. The number of rotatable bonds is 5. The van der Waals surface area contributed by atoms with E-state index in [0.29, 0.717) is 22.6 Å². The Morgan fingerprint density at radius 1 is 1.23 bits per heavy atom. The summed E-state index contributed by atoms with van der Waals surface area (Å²) in [7, 11) is -3.72. The summed E-state index contributed by atoms with van der Waals surface area (Å²) in [6, 6.07) is 9.34. The number of alkyl halides is 3. The predicted molar refractivity (Wildman–Crippen MR) is 120 cm³/mol. The molecule has 1 aromatic carbocycles. The van der Waals surface area contributed by atoms with Gasteiger partial charge in [0.1, 0.15) is 6.33 Å². The third-order valence-electron chi connectivity index (χ3n) is 4.72. The van der Waals surface area contributed by atoms with Crippen molar-refractivity contribution in [2.24, 2.45) is 4.99 Å². The molecule has 2 heterocycles. The molecule has 2 N–H and O–H groups in total. The summed E-state index contributed by atoms with van der Waals surface area (Å²) < 4.78 is 63.4. The summed E-state index contributed by atoms with van der Waals surface area (Å²) in [5, 5.41) is 14.2. The van der Waals surface area contributed by atoms with E-state index in [-0.39, 0.29) is 55.9 Å². The van der Waals surface area contributed by atoms with Gasteiger partial charge in [-0.1, -0.05) is 18.2 Å². The Labute approximate surface area is 195 Å². The zero-order valence-electron chi connectivity index (χ0n) is 16.6. The molecule has 1 saturated heterocycles. The molecule has 0 atom stereocenters. The first kappa shape index (κ1) is 25.3. The Morgan fingerprint density at radius 3 is 2.45 bits per heavy atom. The third-order valence-corrected chi connectivity index (χ3v) is 6.35. The second-order valence-electron chi connectivity index (χ2n) is 6.65. The molecule has 0 bridgehead atoms. The van der Waals surface area contributed by atoms with Crippen molar-refractivity contribution >= 4 is 40.0 Å². The van der Waals surface area contributed by atoms with Crippen LogP contribution in [0.15, 0.2) is 41.7 Å². The highest BCUT2D eigenvalue weighted by atomic mass is 127. The summed E-state index contributed by atoms with van der Waals surface area (Å²) >= 11 is 0. The molecule has 1 aliphatic rings. The molecule has 0 amide bonds. The van der Waals surface area contributed by atoms with E-state index >= 15 is 0 Å². The van der Waals surface area contributed by atoms with Gasteiger partial charge >= 0.3 is 15.5 Å². The van der Waals surface area contributed by atoms with Crippen LogP contribution in [-0.2, 0) is 16.6 Å². The van der Waals surface area contributed by atoms with Gasteiger partial charge in [-0.25, -0.2) is 8.42 Å². The second kappa shape index (κ2) is 10.6. The molecule has 9 nitrogen and oxygen atoms in total. The highest BCUT2D eigenvalue weighted by Gasteiger charge is 2.50. The Kier molecular flexibility index (Phi) is 8.65. The zero-order valence-corrected chi connectivity index (χ0v) is 19.7. The van der Waals surface area contributed by atoms with Gasteiger partial charge in [0.15, 0.2) is 11.8 Å². The molecule has 2 aromatic rings. The summed E-state index contributed by atoms with van der Waals surface area (Å²) in [5.41, 5.74) is -4.37. The molecule has 0 unspecified atom stereocenters. The zero-order chi connectivity index (χ0) is 21.8. The highest BCUT2D eigenvalue weighted by molar-refractivity contribution is 14.0. The quantitative estimate of drug-likeness (QED) is 0.322. The number of guanidine groups is 1. The van der Waals surface area contributed by atoms with Crippen molar-refractivity contribution in [2.45, 2.75) is 30.9 Å². The molecule has 31 heavy (non-hydrogen) atoms. The minimum Gasteiger partial charge on any atom is -0.354 e. The fourth-order valence-electron chi connectivity index (χ4n) is 3.12. The van der Waals surface area contributed by atoms with Gasteiger partial charge in [0.05, 0.1) is 6.54 Å². The maximum Gasteiger partial charge on any atom is 0.511 e.